The molecule has 1 atom stereocenters. The fourth-order valence-electron chi connectivity index (χ4n) is 4.39. The average molecular weight is 420 g/mol. The molecule has 1 amide bonds. The maximum absolute atomic E-state index is 13.6. The van der Waals surface area contributed by atoms with E-state index in [0.717, 1.165) is 53.9 Å². The van der Waals surface area contributed by atoms with Gasteiger partial charge in [0.05, 0.1) is 17.4 Å². The minimum Gasteiger partial charge on any atom is -0.361 e. The van der Waals surface area contributed by atoms with E-state index in [9.17, 15) is 4.79 Å². The molecule has 0 saturated carbocycles. The van der Waals surface area contributed by atoms with E-state index in [1.807, 2.05) is 37.2 Å². The molecule has 1 aliphatic rings. The molecule has 0 aliphatic carbocycles. The van der Waals surface area contributed by atoms with Crippen molar-refractivity contribution < 1.29 is 9.32 Å². The second kappa shape index (κ2) is 8.96. The quantitative estimate of drug-likeness (QED) is 0.579. The summed E-state index contributed by atoms with van der Waals surface area (Å²) in [6.07, 6.45) is 9.81. The van der Waals surface area contributed by atoms with Crippen LogP contribution in [-0.4, -0.2) is 37.5 Å². The van der Waals surface area contributed by atoms with Gasteiger partial charge in [0.15, 0.2) is 0 Å². The molecule has 0 bridgehead atoms. The lowest BCUT2D eigenvalue weighted by Crippen LogP contribution is -2.32. The Hall–Kier alpha value is -3.09. The van der Waals surface area contributed by atoms with Crippen molar-refractivity contribution in [3.05, 3.63) is 58.8 Å². The second-order valence-electron chi connectivity index (χ2n) is 8.10. The average Bonchev–Trinajstić information content (AvgIpc) is 3.41. The van der Waals surface area contributed by atoms with Crippen LogP contribution in [0.25, 0.3) is 11.1 Å². The fourth-order valence-corrected chi connectivity index (χ4v) is 4.39. The third kappa shape index (κ3) is 3.96. The number of nitrogens with zero attached hydrogens (tertiary/aromatic N) is 5. The Morgan fingerprint density at radius 2 is 2.06 bits per heavy atom. The fraction of sp³-hybridized carbons (Fsp3) is 0.458. The van der Waals surface area contributed by atoms with Crippen LogP contribution in [0.15, 0.2) is 29.2 Å². The molecular formula is C24H29N5O2. The van der Waals surface area contributed by atoms with Crippen LogP contribution in [0.5, 0.6) is 0 Å². The molecule has 4 rings (SSSR count). The molecule has 1 fully saturated rings. The molecule has 1 aliphatic heterocycles. The number of aryl methyl sites for hydroxylation is 4. The molecule has 7 nitrogen and oxygen atoms in total. The van der Waals surface area contributed by atoms with Crippen LogP contribution in [0.1, 0.15) is 78.0 Å². The molecular weight excluding hydrogens is 390 g/mol. The summed E-state index contributed by atoms with van der Waals surface area (Å²) in [5.41, 5.74) is 5.33. The summed E-state index contributed by atoms with van der Waals surface area (Å²) in [4.78, 5) is 29.4. The minimum absolute atomic E-state index is 0.0221. The number of hydrogen-bond acceptors (Lipinski definition) is 6. The summed E-state index contributed by atoms with van der Waals surface area (Å²) < 4.78 is 5.34. The van der Waals surface area contributed by atoms with Gasteiger partial charge in [-0.3, -0.25) is 9.78 Å². The monoisotopic (exact) mass is 419 g/mol. The van der Waals surface area contributed by atoms with Crippen molar-refractivity contribution in [1.82, 2.24) is 25.0 Å². The molecule has 0 unspecified atom stereocenters. The highest BCUT2D eigenvalue weighted by atomic mass is 16.5. The zero-order valence-electron chi connectivity index (χ0n) is 18.7. The van der Waals surface area contributed by atoms with Gasteiger partial charge in [-0.05, 0) is 56.7 Å². The van der Waals surface area contributed by atoms with E-state index in [2.05, 4.69) is 22.0 Å². The summed E-state index contributed by atoms with van der Waals surface area (Å²) in [7, 11) is 0. The summed E-state index contributed by atoms with van der Waals surface area (Å²) in [5, 5.41) is 4.08. The number of likely N-dealkylation sites (tertiary alicyclic amines) is 1. The van der Waals surface area contributed by atoms with Gasteiger partial charge in [0.1, 0.15) is 17.1 Å². The van der Waals surface area contributed by atoms with Gasteiger partial charge in [0.25, 0.3) is 5.91 Å². The van der Waals surface area contributed by atoms with Crippen LogP contribution in [-0.2, 0) is 12.8 Å². The Balaban J connectivity index is 1.80. The van der Waals surface area contributed by atoms with Crippen molar-refractivity contribution in [3.63, 3.8) is 0 Å². The Morgan fingerprint density at radius 3 is 2.81 bits per heavy atom. The van der Waals surface area contributed by atoms with Crippen LogP contribution in [0.3, 0.4) is 0 Å². The van der Waals surface area contributed by atoms with Crippen LogP contribution < -0.4 is 0 Å². The first-order valence-electron chi connectivity index (χ1n) is 11.1. The summed E-state index contributed by atoms with van der Waals surface area (Å²) in [6, 6.07) is 1.89. The van der Waals surface area contributed by atoms with Crippen molar-refractivity contribution in [1.29, 1.82) is 0 Å². The van der Waals surface area contributed by atoms with Crippen molar-refractivity contribution in [2.24, 2.45) is 0 Å². The van der Waals surface area contributed by atoms with Crippen LogP contribution in [0.4, 0.5) is 0 Å². The van der Waals surface area contributed by atoms with E-state index < -0.39 is 0 Å². The minimum atomic E-state index is -0.104. The lowest BCUT2D eigenvalue weighted by molar-refractivity contribution is 0.0730. The maximum Gasteiger partial charge on any atom is 0.259 e. The second-order valence-corrected chi connectivity index (χ2v) is 8.10. The third-order valence-corrected chi connectivity index (χ3v) is 5.96. The number of rotatable bonds is 6. The van der Waals surface area contributed by atoms with Crippen LogP contribution in [0, 0.1) is 13.8 Å². The molecule has 0 aromatic carbocycles. The topological polar surface area (TPSA) is 85.0 Å². The van der Waals surface area contributed by atoms with Gasteiger partial charge in [-0.25, -0.2) is 9.97 Å². The zero-order valence-corrected chi connectivity index (χ0v) is 18.7. The van der Waals surface area contributed by atoms with E-state index in [1.165, 1.54) is 0 Å². The number of pyridine rings is 1. The Kier molecular flexibility index (Phi) is 6.11. The number of hydrogen-bond donors (Lipinski definition) is 0. The molecule has 4 heterocycles. The zero-order chi connectivity index (χ0) is 22.0. The van der Waals surface area contributed by atoms with E-state index in [0.29, 0.717) is 30.0 Å². The van der Waals surface area contributed by atoms with Gasteiger partial charge in [0.2, 0.25) is 0 Å². The summed E-state index contributed by atoms with van der Waals surface area (Å²) >= 11 is 0. The normalized spacial score (nSPS) is 16.1. The first-order chi connectivity index (χ1) is 15.0. The van der Waals surface area contributed by atoms with E-state index in [4.69, 9.17) is 9.51 Å². The van der Waals surface area contributed by atoms with Crippen molar-refractivity contribution in [3.8, 4) is 11.1 Å². The van der Waals surface area contributed by atoms with Gasteiger partial charge < -0.3 is 9.42 Å². The Bertz CT molecular complexity index is 1090. The molecule has 7 heteroatoms. The highest BCUT2D eigenvalue weighted by Gasteiger charge is 2.36. The number of aromatic nitrogens is 4. The predicted octanol–water partition coefficient (Wildman–Crippen LogP) is 4.64. The Morgan fingerprint density at radius 1 is 1.23 bits per heavy atom. The molecule has 0 radical (unpaired) electrons. The molecule has 1 saturated heterocycles. The standard InChI is InChI=1S/C24H29N5O2/c1-5-8-21-26-14-18(17-10-11-25-13-15(17)3)23(27-21)20-9-7-12-29(20)24(30)22-16(4)31-28-19(22)6-2/h10-11,13-14,20H,5-9,12H2,1-4H3/t20-/m1/s1. The molecule has 162 valence electrons. The van der Waals surface area contributed by atoms with E-state index >= 15 is 0 Å². The number of carbonyl (C=O) groups excluding carboxylic acids is 1. The molecule has 0 N–H and O–H groups in total. The lowest BCUT2D eigenvalue weighted by Gasteiger charge is -2.26. The molecule has 3 aromatic heterocycles. The molecule has 0 spiro atoms. The third-order valence-electron chi connectivity index (χ3n) is 5.96. The van der Waals surface area contributed by atoms with Crippen molar-refractivity contribution in [2.45, 2.75) is 65.8 Å². The van der Waals surface area contributed by atoms with Crippen LogP contribution in [0.2, 0.25) is 0 Å². The van der Waals surface area contributed by atoms with Crippen molar-refractivity contribution in [2.75, 3.05) is 6.54 Å². The first-order valence-corrected chi connectivity index (χ1v) is 11.1. The SMILES string of the molecule is CCCc1ncc(-c2ccncc2C)c([C@H]2CCCN2C(=O)c2c(CC)noc2C)n1. The molecule has 31 heavy (non-hydrogen) atoms. The summed E-state index contributed by atoms with van der Waals surface area (Å²) in [6.45, 7) is 8.65. The maximum atomic E-state index is 13.6. The van der Waals surface area contributed by atoms with Gasteiger partial charge in [-0.15, -0.1) is 0 Å². The number of amides is 1. The van der Waals surface area contributed by atoms with Gasteiger partial charge in [0, 0.05) is 37.1 Å². The van der Waals surface area contributed by atoms with Crippen LogP contribution >= 0.6 is 0 Å². The predicted molar refractivity (Wildman–Crippen MR) is 118 cm³/mol. The molecule has 3 aromatic rings. The largest absolute Gasteiger partial charge is 0.361 e. The smallest absolute Gasteiger partial charge is 0.259 e. The number of carbonyl (C=O) groups is 1. The highest BCUT2D eigenvalue weighted by molar-refractivity contribution is 5.96. The van der Waals surface area contributed by atoms with Gasteiger partial charge >= 0.3 is 0 Å². The lowest BCUT2D eigenvalue weighted by atomic mass is 9.97. The van der Waals surface area contributed by atoms with E-state index in [1.54, 1.807) is 13.1 Å². The highest BCUT2D eigenvalue weighted by Crippen LogP contribution is 2.38. The van der Waals surface area contributed by atoms with E-state index in [-0.39, 0.29) is 11.9 Å². The Labute approximate surface area is 182 Å². The van der Waals surface area contributed by atoms with Gasteiger partial charge in [-0.2, -0.15) is 0 Å². The summed E-state index contributed by atoms with van der Waals surface area (Å²) in [5.74, 6) is 1.38. The van der Waals surface area contributed by atoms with Crippen molar-refractivity contribution >= 4 is 5.91 Å². The van der Waals surface area contributed by atoms with Gasteiger partial charge in [-0.1, -0.05) is 19.0 Å². The first kappa shape index (κ1) is 21.2.